The number of benzene rings is 2. The molecule has 2 heterocycles. The molecule has 2 fully saturated rings. The molecule has 6 nitrogen and oxygen atoms in total. The van der Waals surface area contributed by atoms with Gasteiger partial charge in [-0.3, -0.25) is 4.79 Å². The molecule has 1 aromatic heterocycles. The Kier molecular flexibility index (Phi) is 6.57. The Morgan fingerprint density at radius 2 is 1.89 bits per heavy atom. The van der Waals surface area contributed by atoms with Gasteiger partial charge in [0, 0.05) is 40.0 Å². The standard InChI is InChI=1S/C31H31BrN4O2/c1-19-25-10-9-24-28(21-8-11-27(26(32)16-21)36-12-14-38-15-13-36)34-20(2)35-30(24)31(25,17-22(18-33)29(19)37)23-6-4-3-5-7-23/h3-8,11,16,19,22,25H,9-10,12-15,17H2,1-2H3/t19-,22?,25-,31-/m0/s1. The van der Waals surface area contributed by atoms with Crippen LogP contribution in [0, 0.1) is 36.0 Å². The van der Waals surface area contributed by atoms with Crippen LogP contribution in [0.2, 0.25) is 0 Å². The van der Waals surface area contributed by atoms with Crippen LogP contribution in [0.4, 0.5) is 5.69 Å². The second-order valence-electron chi connectivity index (χ2n) is 10.8. The van der Waals surface area contributed by atoms with Gasteiger partial charge in [-0.25, -0.2) is 9.97 Å². The van der Waals surface area contributed by atoms with E-state index in [4.69, 9.17) is 14.7 Å². The van der Waals surface area contributed by atoms with E-state index < -0.39 is 11.3 Å². The zero-order chi connectivity index (χ0) is 26.4. The molecule has 1 unspecified atom stereocenters. The predicted molar refractivity (Wildman–Crippen MR) is 150 cm³/mol. The summed E-state index contributed by atoms with van der Waals surface area (Å²) in [6.45, 7) is 7.17. The van der Waals surface area contributed by atoms with Gasteiger partial charge in [0.05, 0.1) is 36.4 Å². The van der Waals surface area contributed by atoms with Gasteiger partial charge >= 0.3 is 0 Å². The Hall–Kier alpha value is -3.08. The van der Waals surface area contributed by atoms with Crippen LogP contribution in [0.15, 0.2) is 53.0 Å². The van der Waals surface area contributed by atoms with Crippen molar-refractivity contribution < 1.29 is 9.53 Å². The van der Waals surface area contributed by atoms with Gasteiger partial charge in [0.15, 0.2) is 5.78 Å². The molecule has 2 aliphatic carbocycles. The summed E-state index contributed by atoms with van der Waals surface area (Å²) in [5.74, 6) is 0.0184. The van der Waals surface area contributed by atoms with Crippen molar-refractivity contribution in [3.63, 3.8) is 0 Å². The zero-order valence-corrected chi connectivity index (χ0v) is 23.4. The summed E-state index contributed by atoms with van der Waals surface area (Å²) in [4.78, 5) is 25.6. The van der Waals surface area contributed by atoms with Gasteiger partial charge in [0.25, 0.3) is 0 Å². The number of morpholine rings is 1. The SMILES string of the molecule is Cc1nc(-c2ccc(N3CCOCC3)c(Br)c2)c2c(n1)[C@]1(c3ccccc3)CC(C#N)C(=O)[C@@H](C)[C@@H]1CC2. The van der Waals surface area contributed by atoms with Crippen LogP contribution in [-0.4, -0.2) is 42.1 Å². The van der Waals surface area contributed by atoms with Gasteiger partial charge in [-0.1, -0.05) is 43.3 Å². The first-order chi connectivity index (χ1) is 18.4. The fraction of sp³-hybridized carbons (Fsp3) is 0.419. The fourth-order valence-electron chi connectivity index (χ4n) is 7.05. The zero-order valence-electron chi connectivity index (χ0n) is 21.8. The average molecular weight is 572 g/mol. The van der Waals surface area contributed by atoms with Gasteiger partial charge in [-0.05, 0) is 65.7 Å². The van der Waals surface area contributed by atoms with E-state index >= 15 is 0 Å². The van der Waals surface area contributed by atoms with Crippen molar-refractivity contribution in [1.82, 2.24) is 9.97 Å². The molecule has 1 saturated heterocycles. The van der Waals surface area contributed by atoms with Crippen molar-refractivity contribution in [3.05, 3.63) is 75.6 Å². The summed E-state index contributed by atoms with van der Waals surface area (Å²) < 4.78 is 6.57. The quantitative estimate of drug-likeness (QED) is 0.405. The number of aryl methyl sites for hydroxylation is 1. The number of carbonyl (C=O) groups is 1. The number of nitriles is 1. The van der Waals surface area contributed by atoms with Crippen LogP contribution in [0.25, 0.3) is 11.3 Å². The van der Waals surface area contributed by atoms with Crippen LogP contribution in [0.1, 0.15) is 42.4 Å². The van der Waals surface area contributed by atoms with Crippen LogP contribution in [-0.2, 0) is 21.4 Å². The number of anilines is 1. The third kappa shape index (κ3) is 3.97. The first kappa shape index (κ1) is 25.2. The van der Waals surface area contributed by atoms with E-state index in [-0.39, 0.29) is 17.6 Å². The number of ketones is 1. The van der Waals surface area contributed by atoms with Crippen molar-refractivity contribution in [2.75, 3.05) is 31.2 Å². The van der Waals surface area contributed by atoms with E-state index in [0.717, 1.165) is 77.4 Å². The normalized spacial score (nSPS) is 26.8. The Labute approximate surface area is 232 Å². The maximum Gasteiger partial charge on any atom is 0.153 e. The molecular weight excluding hydrogens is 540 g/mol. The van der Waals surface area contributed by atoms with E-state index in [2.05, 4.69) is 57.2 Å². The monoisotopic (exact) mass is 570 g/mol. The summed E-state index contributed by atoms with van der Waals surface area (Å²) >= 11 is 3.83. The van der Waals surface area contributed by atoms with E-state index in [1.54, 1.807) is 0 Å². The summed E-state index contributed by atoms with van der Waals surface area (Å²) in [5, 5.41) is 10.0. The Morgan fingerprint density at radius 1 is 1.13 bits per heavy atom. The van der Waals surface area contributed by atoms with Crippen molar-refractivity contribution in [1.29, 1.82) is 5.26 Å². The van der Waals surface area contributed by atoms with Crippen LogP contribution in [0.3, 0.4) is 0 Å². The van der Waals surface area contributed by atoms with Crippen LogP contribution >= 0.6 is 15.9 Å². The largest absolute Gasteiger partial charge is 0.378 e. The van der Waals surface area contributed by atoms with Gasteiger partial charge in [0.1, 0.15) is 11.7 Å². The van der Waals surface area contributed by atoms with Crippen molar-refractivity contribution in [2.45, 2.75) is 38.5 Å². The van der Waals surface area contributed by atoms with Crippen molar-refractivity contribution in [2.24, 2.45) is 17.8 Å². The molecule has 194 valence electrons. The molecular formula is C31H31BrN4O2. The highest BCUT2D eigenvalue weighted by atomic mass is 79.9. The molecule has 4 atom stereocenters. The number of ether oxygens (including phenoxy) is 1. The molecule has 3 aromatic rings. The van der Waals surface area contributed by atoms with Crippen LogP contribution < -0.4 is 4.90 Å². The lowest BCUT2D eigenvalue weighted by Crippen LogP contribution is -2.53. The maximum absolute atomic E-state index is 13.2. The molecule has 0 radical (unpaired) electrons. The molecule has 7 heteroatoms. The summed E-state index contributed by atoms with van der Waals surface area (Å²) in [6, 6.07) is 19.2. The van der Waals surface area contributed by atoms with E-state index in [1.807, 2.05) is 32.0 Å². The summed E-state index contributed by atoms with van der Waals surface area (Å²) in [7, 11) is 0. The van der Waals surface area contributed by atoms with E-state index in [9.17, 15) is 10.1 Å². The number of hydrogen-bond acceptors (Lipinski definition) is 6. The first-order valence-corrected chi connectivity index (χ1v) is 14.2. The lowest BCUT2D eigenvalue weighted by molar-refractivity contribution is -0.131. The third-order valence-corrected chi connectivity index (χ3v) is 9.45. The molecule has 38 heavy (non-hydrogen) atoms. The highest BCUT2D eigenvalue weighted by Gasteiger charge is 2.56. The number of halogens is 1. The van der Waals surface area contributed by atoms with E-state index in [0.29, 0.717) is 12.2 Å². The minimum Gasteiger partial charge on any atom is -0.378 e. The van der Waals surface area contributed by atoms with Gasteiger partial charge < -0.3 is 9.64 Å². The van der Waals surface area contributed by atoms with Gasteiger partial charge in [-0.15, -0.1) is 0 Å². The highest BCUT2D eigenvalue weighted by molar-refractivity contribution is 9.10. The Morgan fingerprint density at radius 3 is 2.61 bits per heavy atom. The minimum absolute atomic E-state index is 0.0705. The molecule has 2 aromatic carbocycles. The number of aromatic nitrogens is 2. The molecule has 1 saturated carbocycles. The lowest BCUT2D eigenvalue weighted by Gasteiger charge is -2.51. The number of carbonyl (C=O) groups excluding carboxylic acids is 1. The number of nitrogens with zero attached hydrogens (tertiary/aromatic N) is 4. The number of rotatable bonds is 3. The minimum atomic E-state index is -0.645. The van der Waals surface area contributed by atoms with Crippen LogP contribution in [0.5, 0.6) is 0 Å². The summed E-state index contributed by atoms with van der Waals surface area (Å²) in [6.07, 6.45) is 2.13. The average Bonchev–Trinajstić information content (AvgIpc) is 2.95. The smallest absolute Gasteiger partial charge is 0.153 e. The molecule has 6 rings (SSSR count). The molecule has 3 aliphatic rings. The topological polar surface area (TPSA) is 79.1 Å². The second-order valence-corrected chi connectivity index (χ2v) is 11.6. The molecule has 0 N–H and O–H groups in total. The summed E-state index contributed by atoms with van der Waals surface area (Å²) in [5.41, 5.74) is 5.93. The number of hydrogen-bond donors (Lipinski definition) is 0. The molecule has 1 aliphatic heterocycles. The molecule has 0 bridgehead atoms. The Bertz CT molecular complexity index is 1430. The molecule has 0 amide bonds. The second kappa shape index (κ2) is 9.91. The number of fused-ring (bicyclic) bond motifs is 3. The van der Waals surface area contributed by atoms with Gasteiger partial charge in [-0.2, -0.15) is 5.26 Å². The maximum atomic E-state index is 13.2. The van der Waals surface area contributed by atoms with Gasteiger partial charge in [0.2, 0.25) is 0 Å². The predicted octanol–water partition coefficient (Wildman–Crippen LogP) is 5.65. The lowest BCUT2D eigenvalue weighted by atomic mass is 9.50. The molecule has 0 spiro atoms. The first-order valence-electron chi connectivity index (χ1n) is 13.4. The third-order valence-electron chi connectivity index (χ3n) is 8.82. The van der Waals surface area contributed by atoms with E-state index in [1.165, 1.54) is 0 Å². The number of Topliss-reactive ketones (excluding diaryl/α,β-unsaturated/α-hetero) is 1. The Balaban J connectivity index is 1.53. The fourth-order valence-corrected chi connectivity index (χ4v) is 7.68. The van der Waals surface area contributed by atoms with Crippen molar-refractivity contribution >= 4 is 27.4 Å². The van der Waals surface area contributed by atoms with Crippen molar-refractivity contribution in [3.8, 4) is 17.3 Å². The highest BCUT2D eigenvalue weighted by Crippen LogP contribution is 2.56.